The smallest absolute Gasteiger partial charge is 0.457 e. The molecule has 0 saturated heterocycles. The van der Waals surface area contributed by atoms with Crippen molar-refractivity contribution < 1.29 is 31.8 Å². The van der Waals surface area contributed by atoms with Gasteiger partial charge in [0.25, 0.3) is 5.91 Å². The van der Waals surface area contributed by atoms with E-state index in [1.165, 1.54) is 12.3 Å². The van der Waals surface area contributed by atoms with Crippen LogP contribution in [0.3, 0.4) is 0 Å². The van der Waals surface area contributed by atoms with Gasteiger partial charge in [-0.15, -0.1) is 13.2 Å². The molecule has 1 aromatic heterocycles. The summed E-state index contributed by atoms with van der Waals surface area (Å²) in [5.74, 6) is -2.17. The van der Waals surface area contributed by atoms with E-state index in [0.29, 0.717) is 5.75 Å². The number of hydrogen-bond donors (Lipinski definition) is 2. The van der Waals surface area contributed by atoms with Gasteiger partial charge in [-0.05, 0) is 42.0 Å². The molecule has 0 aliphatic rings. The van der Waals surface area contributed by atoms with Gasteiger partial charge in [-0.1, -0.05) is 12.1 Å². The van der Waals surface area contributed by atoms with Gasteiger partial charge < -0.3 is 20.5 Å². The molecule has 30 heavy (non-hydrogen) atoms. The number of rotatable bonds is 6. The van der Waals surface area contributed by atoms with Crippen LogP contribution in [0.1, 0.15) is 15.9 Å². The van der Waals surface area contributed by atoms with Gasteiger partial charge in [0.1, 0.15) is 17.3 Å². The number of anilines is 1. The summed E-state index contributed by atoms with van der Waals surface area (Å²) in [6.07, 6.45) is -3.55. The number of carbonyl (C=O) groups is 1. The number of amides is 1. The standard InChI is InChI=1S/C20H15F4N3O3/c21-16-8-7-14(10-17(16)30-20(22,23)24)29-13-5-3-12(4-6-13)11-27-19(28)15-2-1-9-26-18(15)25/h1-10H,11H2,(H2,25,26)(H,27,28). The van der Waals surface area contributed by atoms with Gasteiger partial charge in [0, 0.05) is 18.8 Å². The maximum absolute atomic E-state index is 13.5. The molecule has 3 aromatic rings. The van der Waals surface area contributed by atoms with E-state index in [1.807, 2.05) is 0 Å². The number of pyridine rings is 1. The zero-order valence-corrected chi connectivity index (χ0v) is 15.2. The minimum atomic E-state index is -5.02. The minimum absolute atomic E-state index is 0.0382. The number of nitrogens with one attached hydrogen (secondary N) is 1. The third kappa shape index (κ3) is 5.60. The van der Waals surface area contributed by atoms with E-state index in [1.54, 1.807) is 36.4 Å². The molecular formula is C20H15F4N3O3. The van der Waals surface area contributed by atoms with E-state index < -0.39 is 17.9 Å². The first kappa shape index (κ1) is 20.9. The van der Waals surface area contributed by atoms with Crippen molar-refractivity contribution in [1.29, 1.82) is 0 Å². The van der Waals surface area contributed by atoms with Gasteiger partial charge in [0.2, 0.25) is 0 Å². The molecule has 156 valence electrons. The highest BCUT2D eigenvalue weighted by molar-refractivity contribution is 5.98. The van der Waals surface area contributed by atoms with E-state index in [0.717, 1.165) is 17.7 Å². The normalized spacial score (nSPS) is 11.1. The molecule has 0 saturated carbocycles. The van der Waals surface area contributed by atoms with Crippen LogP contribution in [0, 0.1) is 5.82 Å². The van der Waals surface area contributed by atoms with Gasteiger partial charge >= 0.3 is 6.36 Å². The van der Waals surface area contributed by atoms with Crippen LogP contribution in [-0.2, 0) is 6.54 Å². The van der Waals surface area contributed by atoms with Crippen molar-refractivity contribution in [3.05, 3.63) is 77.7 Å². The molecule has 1 heterocycles. The highest BCUT2D eigenvalue weighted by Crippen LogP contribution is 2.31. The molecule has 0 fully saturated rings. The Balaban J connectivity index is 1.62. The number of halogens is 4. The zero-order valence-electron chi connectivity index (χ0n) is 15.2. The SMILES string of the molecule is Nc1ncccc1C(=O)NCc1ccc(Oc2ccc(F)c(OC(F)(F)F)c2)cc1. The molecule has 1 amide bonds. The van der Waals surface area contributed by atoms with E-state index in [2.05, 4.69) is 15.0 Å². The monoisotopic (exact) mass is 421 g/mol. The summed E-state index contributed by atoms with van der Waals surface area (Å²) in [5.41, 5.74) is 6.64. The van der Waals surface area contributed by atoms with Gasteiger partial charge in [-0.2, -0.15) is 0 Å². The summed E-state index contributed by atoms with van der Waals surface area (Å²) in [6.45, 7) is 0.202. The summed E-state index contributed by atoms with van der Waals surface area (Å²) in [4.78, 5) is 16.0. The summed E-state index contributed by atoms with van der Waals surface area (Å²) in [5, 5.41) is 2.70. The van der Waals surface area contributed by atoms with Crippen molar-refractivity contribution in [3.63, 3.8) is 0 Å². The first-order valence-corrected chi connectivity index (χ1v) is 8.52. The average Bonchev–Trinajstić information content (AvgIpc) is 2.69. The van der Waals surface area contributed by atoms with Crippen LogP contribution in [0.2, 0.25) is 0 Å². The van der Waals surface area contributed by atoms with Crippen LogP contribution in [-0.4, -0.2) is 17.3 Å². The van der Waals surface area contributed by atoms with Gasteiger partial charge in [0.15, 0.2) is 11.6 Å². The summed E-state index contributed by atoms with van der Waals surface area (Å²) in [6, 6.07) is 12.3. The van der Waals surface area contributed by atoms with Crippen molar-refractivity contribution in [3.8, 4) is 17.2 Å². The Hall–Kier alpha value is -3.82. The summed E-state index contributed by atoms with van der Waals surface area (Å²) < 4.78 is 59.5. The molecule has 0 radical (unpaired) electrons. The van der Waals surface area contributed by atoms with Crippen LogP contribution in [0.15, 0.2) is 60.8 Å². The highest BCUT2D eigenvalue weighted by atomic mass is 19.4. The Labute approximate surface area is 168 Å². The molecule has 0 aliphatic carbocycles. The Morgan fingerprint density at radius 1 is 1.07 bits per heavy atom. The number of nitrogen functional groups attached to an aromatic ring is 1. The lowest BCUT2D eigenvalue weighted by atomic mass is 10.2. The summed E-state index contributed by atoms with van der Waals surface area (Å²) in [7, 11) is 0. The van der Waals surface area contributed by atoms with Crippen LogP contribution in [0.5, 0.6) is 17.2 Å². The largest absolute Gasteiger partial charge is 0.573 e. The first-order chi connectivity index (χ1) is 14.2. The van der Waals surface area contributed by atoms with E-state index in [4.69, 9.17) is 10.5 Å². The van der Waals surface area contributed by atoms with E-state index in [9.17, 15) is 22.4 Å². The van der Waals surface area contributed by atoms with Crippen molar-refractivity contribution in [2.75, 3.05) is 5.73 Å². The number of aromatic nitrogens is 1. The lowest BCUT2D eigenvalue weighted by Gasteiger charge is -2.12. The fourth-order valence-electron chi connectivity index (χ4n) is 2.45. The molecule has 6 nitrogen and oxygen atoms in total. The average molecular weight is 421 g/mol. The fourth-order valence-corrected chi connectivity index (χ4v) is 2.45. The number of alkyl halides is 3. The number of benzene rings is 2. The van der Waals surface area contributed by atoms with Crippen LogP contribution in [0.4, 0.5) is 23.4 Å². The fraction of sp³-hybridized carbons (Fsp3) is 0.100. The summed E-state index contributed by atoms with van der Waals surface area (Å²) >= 11 is 0. The highest BCUT2D eigenvalue weighted by Gasteiger charge is 2.32. The molecule has 0 aliphatic heterocycles. The lowest BCUT2D eigenvalue weighted by molar-refractivity contribution is -0.275. The molecule has 0 bridgehead atoms. The van der Waals surface area contributed by atoms with Crippen molar-refractivity contribution >= 4 is 11.7 Å². The number of carbonyl (C=O) groups excluding carboxylic acids is 1. The molecule has 0 atom stereocenters. The van der Waals surface area contributed by atoms with E-state index in [-0.39, 0.29) is 29.6 Å². The second-order valence-electron chi connectivity index (χ2n) is 6.00. The zero-order chi connectivity index (χ0) is 21.7. The maximum Gasteiger partial charge on any atom is 0.573 e. The van der Waals surface area contributed by atoms with Gasteiger partial charge in [-0.3, -0.25) is 4.79 Å². The number of nitrogens with two attached hydrogens (primary N) is 1. The second kappa shape index (κ2) is 8.68. The Morgan fingerprint density at radius 2 is 1.77 bits per heavy atom. The van der Waals surface area contributed by atoms with E-state index >= 15 is 0 Å². The predicted molar refractivity (Wildman–Crippen MR) is 99.4 cm³/mol. The van der Waals surface area contributed by atoms with Crippen LogP contribution in [0.25, 0.3) is 0 Å². The Kier molecular flexibility index (Phi) is 6.05. The molecular weight excluding hydrogens is 406 g/mol. The molecule has 0 unspecified atom stereocenters. The van der Waals surface area contributed by atoms with Gasteiger partial charge in [0.05, 0.1) is 5.56 Å². The number of ether oxygens (including phenoxy) is 2. The quantitative estimate of drug-likeness (QED) is 0.576. The van der Waals surface area contributed by atoms with Crippen molar-refractivity contribution in [2.45, 2.75) is 12.9 Å². The third-order valence-corrected chi connectivity index (χ3v) is 3.82. The van der Waals surface area contributed by atoms with Gasteiger partial charge in [-0.25, -0.2) is 9.37 Å². The van der Waals surface area contributed by atoms with Crippen LogP contribution >= 0.6 is 0 Å². The molecule has 0 spiro atoms. The lowest BCUT2D eigenvalue weighted by Crippen LogP contribution is -2.24. The molecule has 2 aromatic carbocycles. The molecule has 3 rings (SSSR count). The molecule has 10 heteroatoms. The maximum atomic E-state index is 13.5. The minimum Gasteiger partial charge on any atom is -0.457 e. The number of nitrogens with zero attached hydrogens (tertiary/aromatic N) is 1. The Bertz CT molecular complexity index is 1040. The first-order valence-electron chi connectivity index (χ1n) is 8.52. The second-order valence-corrected chi connectivity index (χ2v) is 6.00. The Morgan fingerprint density at radius 3 is 2.43 bits per heavy atom. The molecule has 3 N–H and O–H groups in total. The third-order valence-electron chi connectivity index (χ3n) is 3.82. The number of hydrogen-bond acceptors (Lipinski definition) is 5. The van der Waals surface area contributed by atoms with Crippen molar-refractivity contribution in [1.82, 2.24) is 10.3 Å². The topological polar surface area (TPSA) is 86.5 Å². The predicted octanol–water partition coefficient (Wildman–Crippen LogP) is 4.42. The van der Waals surface area contributed by atoms with Crippen molar-refractivity contribution in [2.24, 2.45) is 0 Å². The van der Waals surface area contributed by atoms with Crippen LogP contribution < -0.4 is 20.5 Å².